The van der Waals surface area contributed by atoms with E-state index in [1.807, 2.05) is 24.3 Å². The molecule has 17 heavy (non-hydrogen) atoms. The summed E-state index contributed by atoms with van der Waals surface area (Å²) in [6.07, 6.45) is 1.74. The molecule has 1 aromatic carbocycles. The van der Waals surface area contributed by atoms with E-state index in [1.165, 1.54) is 11.3 Å². The highest BCUT2D eigenvalue weighted by atomic mass is 32.1. The molecule has 6 heteroatoms. The Morgan fingerprint density at radius 3 is 3.00 bits per heavy atom. The van der Waals surface area contributed by atoms with Gasteiger partial charge in [-0.2, -0.15) is 0 Å². The van der Waals surface area contributed by atoms with Crippen molar-refractivity contribution in [3.8, 4) is 0 Å². The third-order valence-electron chi connectivity index (χ3n) is 2.28. The number of nitrogens with one attached hydrogen (secondary N) is 2. The lowest BCUT2D eigenvalue weighted by atomic mass is 10.3. The maximum atomic E-state index is 5.26. The number of rotatable bonds is 2. The summed E-state index contributed by atoms with van der Waals surface area (Å²) in [7, 11) is 0. The first-order valence-electron chi connectivity index (χ1n) is 4.97. The van der Waals surface area contributed by atoms with Crippen LogP contribution in [0.4, 0.5) is 5.95 Å². The molecule has 0 unspecified atom stereocenters. The number of nitrogens with zero attached hydrogens (tertiary/aromatic N) is 2. The number of H-pyrrole nitrogens is 1. The van der Waals surface area contributed by atoms with E-state index in [1.54, 1.807) is 11.7 Å². The lowest BCUT2D eigenvalue weighted by molar-refractivity contribution is 1.33. The van der Waals surface area contributed by atoms with Crippen LogP contribution in [0.2, 0.25) is 0 Å². The van der Waals surface area contributed by atoms with Gasteiger partial charge in [-0.1, -0.05) is 24.4 Å². The van der Waals surface area contributed by atoms with Crippen LogP contribution in [-0.4, -0.2) is 19.9 Å². The zero-order valence-electron chi connectivity index (χ0n) is 8.68. The van der Waals surface area contributed by atoms with Crippen molar-refractivity contribution in [3.63, 3.8) is 0 Å². The van der Waals surface area contributed by atoms with E-state index in [2.05, 4.69) is 20.3 Å². The molecular weight excluding hydrogens is 252 g/mol. The minimum absolute atomic E-state index is 0.631. The van der Waals surface area contributed by atoms with Crippen LogP contribution >= 0.6 is 23.6 Å². The molecule has 3 aromatic rings. The molecule has 0 saturated carbocycles. The molecule has 0 radical (unpaired) electrons. The van der Waals surface area contributed by atoms with E-state index in [0.717, 1.165) is 15.9 Å². The summed E-state index contributed by atoms with van der Waals surface area (Å²) in [6, 6.07) is 7.84. The number of thiocarbonyl (C=S) groups is 1. The molecule has 0 atom stereocenters. The molecule has 0 saturated heterocycles. The summed E-state index contributed by atoms with van der Waals surface area (Å²) in [6.45, 7) is 0. The molecule has 2 heterocycles. The molecular formula is C11H8N4S2. The highest BCUT2D eigenvalue weighted by molar-refractivity contribution is 7.81. The molecule has 2 aromatic heterocycles. The molecule has 0 bridgehead atoms. The van der Waals surface area contributed by atoms with E-state index < -0.39 is 0 Å². The quantitative estimate of drug-likeness (QED) is 0.696. The predicted octanol–water partition coefficient (Wildman–Crippen LogP) is 2.81. The van der Waals surface area contributed by atoms with Crippen LogP contribution in [0.3, 0.4) is 0 Å². The van der Waals surface area contributed by atoms with Gasteiger partial charge in [-0.15, -0.1) is 11.3 Å². The number of para-hydroxylation sites is 2. The Kier molecular flexibility index (Phi) is 2.58. The number of aromatic nitrogens is 3. The maximum Gasteiger partial charge on any atom is 0.206 e. The van der Waals surface area contributed by atoms with Crippen molar-refractivity contribution in [1.29, 1.82) is 0 Å². The lowest BCUT2D eigenvalue weighted by Crippen LogP contribution is -2.09. The molecule has 2 N–H and O–H groups in total. The molecule has 0 aliphatic heterocycles. The zero-order valence-corrected chi connectivity index (χ0v) is 10.3. The smallest absolute Gasteiger partial charge is 0.206 e. The number of anilines is 1. The maximum absolute atomic E-state index is 5.26. The third kappa shape index (κ3) is 2.04. The van der Waals surface area contributed by atoms with Crippen LogP contribution in [0.15, 0.2) is 36.0 Å². The van der Waals surface area contributed by atoms with Gasteiger partial charge in [0.15, 0.2) is 0 Å². The average molecular weight is 260 g/mol. The monoisotopic (exact) mass is 260 g/mol. The van der Waals surface area contributed by atoms with E-state index in [4.69, 9.17) is 12.2 Å². The van der Waals surface area contributed by atoms with Gasteiger partial charge in [0.2, 0.25) is 5.95 Å². The van der Waals surface area contributed by atoms with Gasteiger partial charge in [-0.3, -0.25) is 4.98 Å². The van der Waals surface area contributed by atoms with Crippen molar-refractivity contribution in [2.45, 2.75) is 0 Å². The number of aromatic amines is 1. The van der Waals surface area contributed by atoms with Gasteiger partial charge in [-0.05, 0) is 12.1 Å². The van der Waals surface area contributed by atoms with E-state index in [-0.39, 0.29) is 0 Å². The Morgan fingerprint density at radius 1 is 1.35 bits per heavy atom. The largest absolute Gasteiger partial charge is 0.324 e. The molecule has 0 aliphatic rings. The first kappa shape index (κ1) is 10.4. The van der Waals surface area contributed by atoms with Crippen molar-refractivity contribution in [3.05, 3.63) is 40.8 Å². The minimum Gasteiger partial charge on any atom is -0.324 e. The predicted molar refractivity (Wildman–Crippen MR) is 73.5 cm³/mol. The van der Waals surface area contributed by atoms with Crippen LogP contribution < -0.4 is 5.32 Å². The Balaban J connectivity index is 1.88. The Labute approximate surface area is 107 Å². The van der Waals surface area contributed by atoms with Crippen molar-refractivity contribution < 1.29 is 0 Å². The van der Waals surface area contributed by atoms with Gasteiger partial charge in [0.05, 0.1) is 21.4 Å². The van der Waals surface area contributed by atoms with Crippen LogP contribution in [0, 0.1) is 0 Å². The number of hydrogen-bond acceptors (Lipinski definition) is 4. The van der Waals surface area contributed by atoms with Gasteiger partial charge in [-0.25, -0.2) is 4.98 Å². The Hall–Kier alpha value is -1.79. The van der Waals surface area contributed by atoms with Gasteiger partial charge in [0.25, 0.3) is 0 Å². The molecule has 0 spiro atoms. The second-order valence-electron chi connectivity index (χ2n) is 3.42. The first-order chi connectivity index (χ1) is 8.33. The van der Waals surface area contributed by atoms with Crippen molar-refractivity contribution in [1.82, 2.24) is 15.0 Å². The number of imidazole rings is 1. The van der Waals surface area contributed by atoms with Crippen LogP contribution in [0.25, 0.3) is 11.0 Å². The molecule has 3 rings (SSSR count). The lowest BCUT2D eigenvalue weighted by Gasteiger charge is -2.00. The molecule has 0 aliphatic carbocycles. The summed E-state index contributed by atoms with van der Waals surface area (Å²) < 4.78 is 0. The Bertz CT molecular complexity index is 624. The molecule has 4 nitrogen and oxygen atoms in total. The van der Waals surface area contributed by atoms with Crippen LogP contribution in [0.1, 0.15) is 4.88 Å². The zero-order chi connectivity index (χ0) is 11.7. The third-order valence-corrected chi connectivity index (χ3v) is 3.52. The van der Waals surface area contributed by atoms with Crippen LogP contribution in [0.5, 0.6) is 0 Å². The van der Waals surface area contributed by atoms with E-state index >= 15 is 0 Å². The number of thiazole rings is 1. The summed E-state index contributed by atoms with van der Waals surface area (Å²) >= 11 is 6.76. The fraction of sp³-hybridized carbons (Fsp3) is 0. The van der Waals surface area contributed by atoms with Crippen molar-refractivity contribution in [2.24, 2.45) is 0 Å². The van der Waals surface area contributed by atoms with Crippen molar-refractivity contribution in [2.75, 3.05) is 5.32 Å². The first-order valence-corrected chi connectivity index (χ1v) is 6.26. The van der Waals surface area contributed by atoms with E-state index in [0.29, 0.717) is 10.9 Å². The molecule has 84 valence electrons. The van der Waals surface area contributed by atoms with Gasteiger partial charge in [0.1, 0.15) is 4.99 Å². The molecule has 0 amide bonds. The second kappa shape index (κ2) is 4.23. The van der Waals surface area contributed by atoms with E-state index in [9.17, 15) is 0 Å². The fourth-order valence-corrected chi connectivity index (χ4v) is 2.32. The molecule has 0 fully saturated rings. The number of benzene rings is 1. The standard InChI is InChI=1S/C11H8N4S2/c16-10(9-5-12-6-17-9)15-11-13-7-3-1-2-4-8(7)14-11/h1-6H,(H2,13,14,15,16). The topological polar surface area (TPSA) is 53.6 Å². The number of hydrogen-bond donors (Lipinski definition) is 2. The summed E-state index contributed by atoms with van der Waals surface area (Å²) in [5.74, 6) is 0.657. The van der Waals surface area contributed by atoms with Crippen LogP contribution in [-0.2, 0) is 0 Å². The van der Waals surface area contributed by atoms with Crippen molar-refractivity contribution >= 4 is 45.5 Å². The fourth-order valence-electron chi connectivity index (χ4n) is 1.51. The summed E-state index contributed by atoms with van der Waals surface area (Å²) in [5, 5.41) is 3.07. The summed E-state index contributed by atoms with van der Waals surface area (Å²) in [4.78, 5) is 13.1. The highest BCUT2D eigenvalue weighted by Crippen LogP contribution is 2.15. The normalized spacial score (nSPS) is 10.6. The van der Waals surface area contributed by atoms with Gasteiger partial charge >= 0.3 is 0 Å². The van der Waals surface area contributed by atoms with Gasteiger partial charge < -0.3 is 10.3 Å². The second-order valence-corrected chi connectivity index (χ2v) is 4.72. The SMILES string of the molecule is S=C(Nc1nc2ccccc2[nH]1)c1cncs1. The van der Waals surface area contributed by atoms with Gasteiger partial charge in [0, 0.05) is 6.20 Å². The average Bonchev–Trinajstić information content (AvgIpc) is 2.97. The highest BCUT2D eigenvalue weighted by Gasteiger charge is 2.06. The Morgan fingerprint density at radius 2 is 2.24 bits per heavy atom. The number of fused-ring (bicyclic) bond motifs is 1. The minimum atomic E-state index is 0.631. The summed E-state index contributed by atoms with van der Waals surface area (Å²) in [5.41, 5.74) is 3.66.